The van der Waals surface area contributed by atoms with Gasteiger partial charge in [0, 0.05) is 114 Å². The Labute approximate surface area is 559 Å². The molecule has 3 aromatic rings. The maximum absolute atomic E-state index is 14.6. The summed E-state index contributed by atoms with van der Waals surface area (Å²) in [5.74, 6) is -1.67. The molecule has 4 atom stereocenters. The van der Waals surface area contributed by atoms with Gasteiger partial charge in [-0.15, -0.1) is 0 Å². The molecule has 3 saturated heterocycles. The monoisotopic (exact) mass is 1340 g/mol. The maximum Gasteiger partial charge on any atom is 0.317 e. The SMILES string of the molecule is C/C(=N\CCCCC(NC(=O)CN1CCN(COC=O)CCN(COC=O)CCN(CC(=O)O)CC1)C(=O)NCCSC[C@@H](O)C(=O)N1CCC(CCCOc2ccc3nccc(C(=O)NCC(=O)N4CC(C)(F)C[C@@H]4C#N)c3c2)CC1)NC(=O)CCCc1ccc(C)cc1. The predicted molar refractivity (Wildman–Crippen MR) is 353 cm³/mol. The number of aliphatic hydroxyl groups is 1. The molecule has 3 fully saturated rings. The average Bonchev–Trinajstić information content (AvgIpc) is 1.75. The molecule has 2 aromatic carbocycles. The lowest BCUT2D eigenvalue weighted by Gasteiger charge is -2.33. The van der Waals surface area contributed by atoms with E-state index in [9.17, 15) is 63.0 Å². The average molecular weight is 1340 g/mol. The van der Waals surface area contributed by atoms with E-state index in [-0.39, 0.29) is 88.7 Å². The van der Waals surface area contributed by atoms with Crippen LogP contribution < -0.4 is 26.0 Å². The Hall–Kier alpha value is -7.88. The number of carbonyl (C=O) groups excluding carboxylic acids is 8. The number of carboxylic acid groups (broad SMARTS) is 1. The molecule has 6 rings (SSSR count). The molecule has 27 nitrogen and oxygen atoms in total. The second-order valence-corrected chi connectivity index (χ2v) is 25.7. The number of alkyl halides is 1. The number of aromatic nitrogens is 1. The van der Waals surface area contributed by atoms with Crippen LogP contribution in [0.2, 0.25) is 0 Å². The minimum absolute atomic E-state index is 0.0143. The van der Waals surface area contributed by atoms with E-state index in [1.54, 1.807) is 34.9 Å². The first-order valence-corrected chi connectivity index (χ1v) is 33.8. The zero-order valence-corrected chi connectivity index (χ0v) is 55.7. The van der Waals surface area contributed by atoms with E-state index in [1.807, 2.05) is 39.8 Å². The van der Waals surface area contributed by atoms with Gasteiger partial charge in [-0.05, 0) is 114 Å². The number of aliphatic imine (C=N–C) groups is 1. The summed E-state index contributed by atoms with van der Waals surface area (Å²) >= 11 is 1.31. The minimum atomic E-state index is -1.68. The fourth-order valence-electron chi connectivity index (χ4n) is 11.6. The molecular formula is C66H94FN13O14S. The van der Waals surface area contributed by atoms with Crippen LogP contribution in [0, 0.1) is 24.2 Å². The predicted octanol–water partition coefficient (Wildman–Crippen LogP) is 2.51. The molecule has 4 heterocycles. The van der Waals surface area contributed by atoms with Crippen LogP contribution in [0.25, 0.3) is 10.9 Å². The summed E-state index contributed by atoms with van der Waals surface area (Å²) in [4.78, 5) is 133. The summed E-state index contributed by atoms with van der Waals surface area (Å²) in [6.45, 7) is 9.30. The van der Waals surface area contributed by atoms with E-state index >= 15 is 0 Å². The third-order valence-electron chi connectivity index (χ3n) is 16.9. The van der Waals surface area contributed by atoms with E-state index in [1.165, 1.54) is 36.5 Å². The normalized spacial score (nSPS) is 18.9. The van der Waals surface area contributed by atoms with Gasteiger partial charge in [-0.25, -0.2) is 4.39 Å². The lowest BCUT2D eigenvalue weighted by molar-refractivity contribution is -0.140. The highest BCUT2D eigenvalue weighted by Crippen LogP contribution is 2.30. The Morgan fingerprint density at radius 2 is 1.52 bits per heavy atom. The van der Waals surface area contributed by atoms with Gasteiger partial charge < -0.3 is 55.5 Å². The van der Waals surface area contributed by atoms with Crippen LogP contribution >= 0.6 is 11.8 Å². The molecule has 6 amide bonds. The summed E-state index contributed by atoms with van der Waals surface area (Å²) in [7, 11) is 0. The van der Waals surface area contributed by atoms with Crippen LogP contribution in [-0.2, 0) is 54.3 Å². The van der Waals surface area contributed by atoms with Gasteiger partial charge in [-0.3, -0.25) is 72.7 Å². The summed E-state index contributed by atoms with van der Waals surface area (Å²) in [6.07, 6.45) is 6.32. The Kier molecular flexibility index (Phi) is 32.5. The smallest absolute Gasteiger partial charge is 0.317 e. The number of carbonyl (C=O) groups is 9. The van der Waals surface area contributed by atoms with Crippen molar-refractivity contribution >= 4 is 82.9 Å². The summed E-state index contributed by atoms with van der Waals surface area (Å²) < 4.78 is 30.8. The molecule has 6 N–H and O–H groups in total. The number of aliphatic hydroxyl groups excluding tert-OH is 1. The number of hydrogen-bond donors (Lipinski definition) is 6. The van der Waals surface area contributed by atoms with Gasteiger partial charge in [0.1, 0.15) is 43.1 Å². The number of unbranched alkanes of at least 4 members (excludes halogenated alkanes) is 1. The molecule has 3 aliphatic heterocycles. The number of likely N-dealkylation sites (tertiary alicyclic amines) is 2. The number of benzene rings is 2. The van der Waals surface area contributed by atoms with Crippen molar-refractivity contribution in [3.8, 4) is 11.8 Å². The number of carboxylic acids is 1. The van der Waals surface area contributed by atoms with E-state index in [2.05, 4.69) is 43.4 Å². The number of amides is 6. The molecule has 0 saturated carbocycles. The van der Waals surface area contributed by atoms with Crippen molar-refractivity contribution in [2.75, 3.05) is 136 Å². The Balaban J connectivity index is 0.944. The van der Waals surface area contributed by atoms with Crippen molar-refractivity contribution in [3.63, 3.8) is 0 Å². The lowest BCUT2D eigenvalue weighted by Crippen LogP contribution is -2.52. The van der Waals surface area contributed by atoms with E-state index in [0.29, 0.717) is 138 Å². The number of ether oxygens (including phenoxy) is 3. The molecule has 0 bridgehead atoms. The van der Waals surface area contributed by atoms with Gasteiger partial charge in [-0.1, -0.05) is 29.8 Å². The molecule has 2 unspecified atom stereocenters. The van der Waals surface area contributed by atoms with Gasteiger partial charge in [0.2, 0.25) is 23.6 Å². The zero-order valence-electron chi connectivity index (χ0n) is 54.9. The fourth-order valence-corrected chi connectivity index (χ4v) is 12.4. The number of nitriles is 1. The first kappa shape index (κ1) is 76.1. The number of fused-ring (bicyclic) bond motifs is 1. The number of aryl methyl sites for hydroxylation is 2. The number of halogens is 1. The molecule has 3 aliphatic rings. The zero-order chi connectivity index (χ0) is 68.5. The molecule has 29 heteroatoms. The molecule has 95 heavy (non-hydrogen) atoms. The number of hydrogen-bond acceptors (Lipinski definition) is 21. The Morgan fingerprint density at radius 1 is 0.853 bits per heavy atom. The Bertz CT molecular complexity index is 3080. The number of thioether (sulfide) groups is 1. The van der Waals surface area contributed by atoms with Crippen molar-refractivity contribution in [2.24, 2.45) is 10.9 Å². The summed E-state index contributed by atoms with van der Waals surface area (Å²) in [5, 5.41) is 41.9. The molecule has 1 aromatic heterocycles. The second-order valence-electron chi connectivity index (χ2n) is 24.6. The van der Waals surface area contributed by atoms with Crippen molar-refractivity contribution in [1.82, 2.24) is 55.7 Å². The number of nitrogens with one attached hydrogen (secondary N) is 4. The van der Waals surface area contributed by atoms with Crippen molar-refractivity contribution < 1.29 is 72.0 Å². The standard InChI is InChI=1S/C66H94FN13O14S/c1-48-12-14-50(15-13-48)8-6-11-59(84)73-49(2)69-21-5-4-10-57(74-60(85)40-75-26-27-76(41-62(87)88)29-31-78(45-93-47-82)33-32-77(30-28-75)44-92-46-81)64(90)71-23-35-95-42-58(83)65(91)79-24-19-51(20-25-79)9-7-34-94-53-16-17-56-55(36-53)54(18-22-70-56)63(89)72-39-61(86)80-43-66(3,67)37-52(80)38-68/h12-18,22,36,46-47,51-52,57-58,83H,4-11,19-21,23-35,37,39-45H2,1-3H3,(H,71,90)(H,72,89)(H,74,85)(H,87,88)(H,69,73,84)/t52-,57?,58-,66?/m1/s1. The summed E-state index contributed by atoms with van der Waals surface area (Å²) in [5.41, 5.74) is 1.47. The number of nitrogens with zero attached hydrogens (tertiary/aromatic N) is 9. The van der Waals surface area contributed by atoms with Gasteiger partial charge >= 0.3 is 5.97 Å². The van der Waals surface area contributed by atoms with Crippen molar-refractivity contribution in [2.45, 2.75) is 115 Å². The van der Waals surface area contributed by atoms with Gasteiger partial charge in [0.15, 0.2) is 0 Å². The number of amidine groups is 1. The van der Waals surface area contributed by atoms with Crippen LogP contribution in [0.4, 0.5) is 4.39 Å². The van der Waals surface area contributed by atoms with Crippen LogP contribution in [-0.4, -0.2) is 265 Å². The number of pyridine rings is 1. The number of aliphatic carboxylic acids is 1. The fraction of sp³-hybridized carbons (Fsp3) is 0.606. The molecule has 0 radical (unpaired) electrons. The number of rotatable bonds is 35. The van der Waals surface area contributed by atoms with Gasteiger partial charge in [0.25, 0.3) is 24.8 Å². The second kappa shape index (κ2) is 40.5. The van der Waals surface area contributed by atoms with E-state index < -0.39 is 60.0 Å². The van der Waals surface area contributed by atoms with Crippen LogP contribution in [0.3, 0.4) is 0 Å². The van der Waals surface area contributed by atoms with E-state index in [0.717, 1.165) is 42.6 Å². The lowest BCUT2D eigenvalue weighted by atomic mass is 9.92. The third-order valence-corrected chi connectivity index (χ3v) is 17.9. The molecule has 0 spiro atoms. The highest BCUT2D eigenvalue weighted by Gasteiger charge is 2.43. The van der Waals surface area contributed by atoms with Gasteiger partial charge in [-0.2, -0.15) is 17.0 Å². The summed E-state index contributed by atoms with van der Waals surface area (Å²) in [6, 6.07) is 15.1. The molecule has 0 aliphatic carbocycles. The minimum Gasteiger partial charge on any atom is -0.494 e. The molecule has 520 valence electrons. The first-order valence-electron chi connectivity index (χ1n) is 32.6. The third kappa shape index (κ3) is 27.4. The maximum atomic E-state index is 14.6. The van der Waals surface area contributed by atoms with Crippen LogP contribution in [0.1, 0.15) is 99.5 Å². The highest BCUT2D eigenvalue weighted by molar-refractivity contribution is 7.99. The van der Waals surface area contributed by atoms with Crippen LogP contribution in [0.5, 0.6) is 5.75 Å². The van der Waals surface area contributed by atoms with Crippen molar-refractivity contribution in [1.29, 1.82) is 5.26 Å². The number of piperidine rings is 1. The Morgan fingerprint density at radius 3 is 2.17 bits per heavy atom. The molecular weight excluding hydrogens is 1250 g/mol. The van der Waals surface area contributed by atoms with Crippen molar-refractivity contribution in [3.05, 3.63) is 71.4 Å². The quantitative estimate of drug-likeness (QED) is 0.0213. The van der Waals surface area contributed by atoms with Gasteiger partial charge in [0.05, 0.1) is 55.8 Å². The van der Waals surface area contributed by atoms with E-state index in [4.69, 9.17) is 14.2 Å². The highest BCUT2D eigenvalue weighted by atomic mass is 32.2. The largest absolute Gasteiger partial charge is 0.494 e. The topological polar surface area (TPSA) is 338 Å². The first-order chi connectivity index (χ1) is 45.7. The van der Waals surface area contributed by atoms with Crippen LogP contribution in [0.15, 0.2) is 59.7 Å².